The van der Waals surface area contributed by atoms with Gasteiger partial charge in [0, 0.05) is 6.42 Å². The summed E-state index contributed by atoms with van der Waals surface area (Å²) < 4.78 is 52.6. The minimum atomic E-state index is -4.34. The van der Waals surface area contributed by atoms with Crippen LogP contribution in [0.15, 0.2) is 36.7 Å². The Kier molecular flexibility index (Phi) is 17.6. The summed E-state index contributed by atoms with van der Waals surface area (Å²) in [6, 6.07) is 7.18. The number of unbranched alkanes of at least 4 members (excludes halogenated alkanes) is 15. The summed E-state index contributed by atoms with van der Waals surface area (Å²) in [5.74, 6) is 1.83. The topological polar surface area (TPSA) is 173 Å². The zero-order valence-electron chi connectivity index (χ0n) is 31.8. The highest BCUT2D eigenvalue weighted by Gasteiger charge is 2.50. The van der Waals surface area contributed by atoms with Gasteiger partial charge in [0.15, 0.2) is 22.6 Å². The molecule has 0 radical (unpaired) electrons. The molecule has 13 nitrogen and oxygen atoms in total. The van der Waals surface area contributed by atoms with E-state index in [1.165, 1.54) is 101 Å². The third-order valence-corrected chi connectivity index (χ3v) is 11.3. The molecule has 15 heteroatoms. The van der Waals surface area contributed by atoms with Gasteiger partial charge in [-0.25, -0.2) is 9.55 Å². The zero-order chi connectivity index (χ0) is 38.8. The van der Waals surface area contributed by atoms with Crippen LogP contribution in [0.2, 0.25) is 0 Å². The molecule has 4 rings (SSSR count). The summed E-state index contributed by atoms with van der Waals surface area (Å²) in [6.45, 7) is 3.38. The Morgan fingerprint density at radius 2 is 1.65 bits per heavy atom. The van der Waals surface area contributed by atoms with E-state index in [1.54, 1.807) is 30.3 Å². The maximum absolute atomic E-state index is 14.2. The number of aliphatic hydroxyl groups excluding tert-OH is 1. The van der Waals surface area contributed by atoms with Crippen LogP contribution in [0.25, 0.3) is 11.2 Å². The molecule has 298 valence electrons. The fraction of sp³-hybridized carbons (Fsp3) is 0.641. The predicted octanol–water partition coefficient (Wildman–Crippen LogP) is 8.19. The second-order valence-corrected chi connectivity index (χ2v) is 15.8. The van der Waals surface area contributed by atoms with Gasteiger partial charge in [0.25, 0.3) is 0 Å². The van der Waals surface area contributed by atoms with Crippen molar-refractivity contribution in [1.29, 1.82) is 0 Å². The van der Waals surface area contributed by atoms with Crippen molar-refractivity contribution in [2.24, 2.45) is 0 Å². The summed E-state index contributed by atoms with van der Waals surface area (Å²) in [6.07, 6.45) is 23.7. The van der Waals surface area contributed by atoms with Crippen molar-refractivity contribution in [2.75, 3.05) is 18.9 Å². The summed E-state index contributed by atoms with van der Waals surface area (Å²) >= 11 is 0. The number of carbonyl (C=O) groups is 1. The Labute approximate surface area is 318 Å². The lowest BCUT2D eigenvalue weighted by atomic mass is 9.99. The fourth-order valence-corrected chi connectivity index (χ4v) is 7.99. The number of fused-ring (bicyclic) bond motifs is 1. The SMILES string of the molecule is C#C[C@]1(CO[P@@](=O)(N[C@@H](C)C(=O)OCCCCCCCCCCCCCCCCCC)Oc2ccccc2)O[C@@H](n2cnc3c(N)nc(F)nc32)C[C@@H]1O. The molecule has 3 aromatic rings. The number of rotatable bonds is 26. The van der Waals surface area contributed by atoms with Crippen molar-refractivity contribution < 1.29 is 37.4 Å². The van der Waals surface area contributed by atoms with Crippen LogP contribution in [-0.2, 0) is 23.4 Å². The highest BCUT2D eigenvalue weighted by Crippen LogP contribution is 2.48. The summed E-state index contributed by atoms with van der Waals surface area (Å²) in [5, 5.41) is 13.7. The number of imidazole rings is 1. The first-order chi connectivity index (χ1) is 26.1. The van der Waals surface area contributed by atoms with E-state index in [0.717, 1.165) is 19.3 Å². The van der Waals surface area contributed by atoms with Crippen LogP contribution < -0.4 is 15.3 Å². The number of ether oxygens (including phenoxy) is 2. The molecular formula is C39H58FN6O7P. The molecule has 2 aromatic heterocycles. The van der Waals surface area contributed by atoms with Gasteiger partial charge >= 0.3 is 19.8 Å². The number of nitrogen functional groups attached to an aromatic ring is 1. The summed E-state index contributed by atoms with van der Waals surface area (Å²) in [4.78, 5) is 24.3. The van der Waals surface area contributed by atoms with Crippen LogP contribution in [0.5, 0.6) is 5.75 Å². The standard InChI is InChI=1S/C39H58FN6O7P/c1-4-6-7-8-9-10-11-12-13-14-15-16-17-18-19-23-26-50-37(48)30(3)45-54(49,53-31-24-21-20-22-25-31)51-28-39(5-2)32(47)27-33(52-39)46-29-42-34-35(41)43-38(40)44-36(34)46/h2,20-22,24-25,29-30,32-33,47H,4,6-19,23,26-28H2,1,3H3,(H,45,49)(H2,41,43,44)/t30-,32-,33+,39+,54-/m0/s1. The average Bonchev–Trinajstić information content (AvgIpc) is 3.73. The maximum Gasteiger partial charge on any atom is 0.459 e. The number of halogens is 1. The van der Waals surface area contributed by atoms with Gasteiger partial charge < -0.3 is 24.8 Å². The van der Waals surface area contributed by atoms with E-state index in [4.69, 9.17) is 30.7 Å². The van der Waals surface area contributed by atoms with Gasteiger partial charge in [0.2, 0.25) is 0 Å². The maximum atomic E-state index is 14.2. The quantitative estimate of drug-likeness (QED) is 0.0235. The van der Waals surface area contributed by atoms with Crippen LogP contribution in [0.1, 0.15) is 129 Å². The number of nitrogens with two attached hydrogens (primary N) is 1. The van der Waals surface area contributed by atoms with Crippen LogP contribution in [0.3, 0.4) is 0 Å². The number of para-hydroxylation sites is 1. The minimum Gasteiger partial charge on any atom is -0.465 e. The molecule has 1 aromatic carbocycles. The van der Waals surface area contributed by atoms with Gasteiger partial charge in [-0.1, -0.05) is 127 Å². The van der Waals surface area contributed by atoms with Gasteiger partial charge in [-0.15, -0.1) is 6.42 Å². The van der Waals surface area contributed by atoms with E-state index in [2.05, 4.69) is 32.9 Å². The lowest BCUT2D eigenvalue weighted by Crippen LogP contribution is -2.43. The number of aromatic nitrogens is 4. The van der Waals surface area contributed by atoms with Crippen LogP contribution in [-0.4, -0.2) is 61.6 Å². The number of hydrogen-bond donors (Lipinski definition) is 3. The molecule has 4 N–H and O–H groups in total. The van der Waals surface area contributed by atoms with Gasteiger partial charge in [-0.2, -0.15) is 19.4 Å². The largest absolute Gasteiger partial charge is 0.465 e. The highest BCUT2D eigenvalue weighted by atomic mass is 31.2. The molecule has 1 fully saturated rings. The molecule has 5 atom stereocenters. The Hall–Kier alpha value is -3.60. The Morgan fingerprint density at radius 3 is 2.24 bits per heavy atom. The lowest BCUT2D eigenvalue weighted by Gasteiger charge is -2.29. The number of nitrogens with one attached hydrogen (secondary N) is 1. The summed E-state index contributed by atoms with van der Waals surface area (Å²) in [7, 11) is -4.34. The predicted molar refractivity (Wildman–Crippen MR) is 206 cm³/mol. The number of anilines is 1. The molecule has 0 amide bonds. The molecule has 0 spiro atoms. The normalized spacial score (nSPS) is 20.1. The van der Waals surface area contributed by atoms with E-state index >= 15 is 0 Å². The Balaban J connectivity index is 1.21. The first-order valence-electron chi connectivity index (χ1n) is 19.5. The average molecular weight is 773 g/mol. The third-order valence-electron chi connectivity index (χ3n) is 9.65. The van der Waals surface area contributed by atoms with Crippen molar-refractivity contribution in [2.45, 2.75) is 147 Å². The fourth-order valence-electron chi connectivity index (χ4n) is 6.47. The van der Waals surface area contributed by atoms with Crippen LogP contribution in [0.4, 0.5) is 10.2 Å². The van der Waals surface area contributed by atoms with Crippen molar-refractivity contribution in [3.8, 4) is 18.1 Å². The van der Waals surface area contributed by atoms with Crippen LogP contribution >= 0.6 is 7.75 Å². The van der Waals surface area contributed by atoms with Crippen molar-refractivity contribution in [3.05, 3.63) is 42.7 Å². The Bertz CT molecular complexity index is 1670. The molecule has 54 heavy (non-hydrogen) atoms. The molecule has 1 aliphatic heterocycles. The summed E-state index contributed by atoms with van der Waals surface area (Å²) in [5.41, 5.74) is 4.16. The molecule has 0 saturated carbocycles. The number of aliphatic hydroxyl groups is 1. The number of carbonyl (C=O) groups excluding carboxylic acids is 1. The Morgan fingerprint density at radius 1 is 1.06 bits per heavy atom. The van der Waals surface area contributed by atoms with E-state index in [9.17, 15) is 18.9 Å². The molecule has 0 aliphatic carbocycles. The van der Waals surface area contributed by atoms with Crippen molar-refractivity contribution in [1.82, 2.24) is 24.6 Å². The van der Waals surface area contributed by atoms with Crippen molar-refractivity contribution >= 4 is 30.7 Å². The second-order valence-electron chi connectivity index (χ2n) is 14.1. The van der Waals surface area contributed by atoms with Gasteiger partial charge in [-0.3, -0.25) is 13.9 Å². The monoisotopic (exact) mass is 772 g/mol. The molecule has 0 bridgehead atoms. The van der Waals surface area contributed by atoms with Gasteiger partial charge in [0.05, 0.1) is 12.9 Å². The second kappa shape index (κ2) is 22.1. The van der Waals surface area contributed by atoms with E-state index in [1.807, 2.05) is 0 Å². The van der Waals surface area contributed by atoms with Crippen LogP contribution in [0, 0.1) is 18.4 Å². The number of esters is 1. The van der Waals surface area contributed by atoms with Crippen molar-refractivity contribution in [3.63, 3.8) is 0 Å². The van der Waals surface area contributed by atoms with E-state index in [-0.39, 0.29) is 35.8 Å². The third kappa shape index (κ3) is 13.0. The molecular weight excluding hydrogens is 714 g/mol. The molecule has 0 unspecified atom stereocenters. The molecule has 3 heterocycles. The number of nitrogens with zero attached hydrogens (tertiary/aromatic N) is 4. The minimum absolute atomic E-state index is 0.0395. The zero-order valence-corrected chi connectivity index (χ0v) is 32.7. The van der Waals surface area contributed by atoms with E-state index < -0.39 is 50.4 Å². The molecule has 1 aliphatic rings. The van der Waals surface area contributed by atoms with Gasteiger partial charge in [0.1, 0.15) is 30.7 Å². The first kappa shape index (κ1) is 43.1. The number of hydrogen-bond acceptors (Lipinski definition) is 11. The smallest absolute Gasteiger partial charge is 0.459 e. The number of terminal acetylenes is 1. The number of benzene rings is 1. The first-order valence-corrected chi connectivity index (χ1v) is 21.1. The molecule has 1 saturated heterocycles. The van der Waals surface area contributed by atoms with Gasteiger partial charge in [-0.05, 0) is 25.5 Å². The van der Waals surface area contributed by atoms with E-state index in [0.29, 0.717) is 0 Å². The highest BCUT2D eigenvalue weighted by molar-refractivity contribution is 7.52. The lowest BCUT2D eigenvalue weighted by molar-refractivity contribution is -0.145.